The second-order valence-corrected chi connectivity index (χ2v) is 10.5. The monoisotopic (exact) mass is 413 g/mol. The molecule has 1 N–H and O–H groups in total. The van der Waals surface area contributed by atoms with Crippen LogP contribution in [0.2, 0.25) is 0 Å². The molecule has 3 aliphatic heterocycles. The molecule has 6 heteroatoms. The minimum Gasteiger partial charge on any atom is -0.353 e. The Morgan fingerprint density at radius 2 is 1.80 bits per heavy atom. The standard InChI is InChI=1S/C24H39N5O/c30-24(25-20-9-5-2-6-10-20)23-17-28-12-11-19(23)14-22(28)16-29-15-21(26-27-29)13-18-7-3-1-4-8-18/h15,18-20,22-23H,1-14,16-17H2,(H,25,30). The quantitative estimate of drug-likeness (QED) is 0.775. The lowest BCUT2D eigenvalue weighted by Crippen LogP contribution is -2.58. The van der Waals surface area contributed by atoms with E-state index in [0.717, 1.165) is 38.4 Å². The van der Waals surface area contributed by atoms with Gasteiger partial charge in [0.25, 0.3) is 0 Å². The molecule has 6 nitrogen and oxygen atoms in total. The van der Waals surface area contributed by atoms with E-state index in [9.17, 15) is 4.79 Å². The van der Waals surface area contributed by atoms with Crippen molar-refractivity contribution in [3.8, 4) is 0 Å². The predicted octanol–water partition coefficient (Wildman–Crippen LogP) is 3.56. The maximum absolute atomic E-state index is 12.9. The van der Waals surface area contributed by atoms with Crippen LogP contribution in [0.4, 0.5) is 0 Å². The molecule has 0 spiro atoms. The fourth-order valence-electron chi connectivity index (χ4n) is 6.60. The Labute approximate surface area is 181 Å². The van der Waals surface area contributed by atoms with Crippen LogP contribution >= 0.6 is 0 Å². The zero-order valence-corrected chi connectivity index (χ0v) is 18.5. The van der Waals surface area contributed by atoms with Crippen LogP contribution in [0.1, 0.15) is 82.7 Å². The van der Waals surface area contributed by atoms with Gasteiger partial charge in [0.1, 0.15) is 0 Å². The van der Waals surface area contributed by atoms with Gasteiger partial charge in [-0.25, -0.2) is 0 Å². The molecule has 1 amide bonds. The fraction of sp³-hybridized carbons (Fsp3) is 0.875. The third-order valence-electron chi connectivity index (χ3n) is 8.37. The molecule has 6 rings (SSSR count). The van der Waals surface area contributed by atoms with E-state index in [-0.39, 0.29) is 5.92 Å². The first-order valence-electron chi connectivity index (χ1n) is 12.7. The molecule has 5 aliphatic rings. The Hall–Kier alpha value is -1.43. The average Bonchev–Trinajstić information content (AvgIpc) is 3.22. The molecule has 3 saturated heterocycles. The van der Waals surface area contributed by atoms with Gasteiger partial charge >= 0.3 is 0 Å². The van der Waals surface area contributed by atoms with Gasteiger partial charge in [-0.3, -0.25) is 14.4 Å². The molecular formula is C24H39N5O. The molecule has 1 aromatic heterocycles. The zero-order valence-electron chi connectivity index (χ0n) is 18.5. The summed E-state index contributed by atoms with van der Waals surface area (Å²) in [5, 5.41) is 12.3. The Bertz CT molecular complexity index is 706. The normalized spacial score (nSPS) is 32.9. The topological polar surface area (TPSA) is 63.1 Å². The lowest BCUT2D eigenvalue weighted by Gasteiger charge is -2.49. The van der Waals surface area contributed by atoms with Gasteiger partial charge in [-0.1, -0.05) is 56.6 Å². The summed E-state index contributed by atoms with van der Waals surface area (Å²) in [6, 6.07) is 0.932. The van der Waals surface area contributed by atoms with Crippen LogP contribution < -0.4 is 5.32 Å². The largest absolute Gasteiger partial charge is 0.353 e. The molecule has 0 radical (unpaired) electrons. The molecule has 4 unspecified atom stereocenters. The number of hydrogen-bond acceptors (Lipinski definition) is 4. The SMILES string of the molecule is O=C(NC1CCCCC1)C1CN2CCC1CC2Cn1cc(CC2CCCCC2)nn1. The van der Waals surface area contributed by atoms with Crippen LogP contribution in [0, 0.1) is 17.8 Å². The second kappa shape index (κ2) is 9.37. The van der Waals surface area contributed by atoms with E-state index >= 15 is 0 Å². The van der Waals surface area contributed by atoms with Crippen molar-refractivity contribution in [2.75, 3.05) is 13.1 Å². The molecular weight excluding hydrogens is 374 g/mol. The molecule has 166 valence electrons. The average molecular weight is 414 g/mol. The lowest BCUT2D eigenvalue weighted by molar-refractivity contribution is -0.134. The third-order valence-corrected chi connectivity index (χ3v) is 8.37. The highest BCUT2D eigenvalue weighted by Crippen LogP contribution is 2.37. The minimum absolute atomic E-state index is 0.189. The van der Waals surface area contributed by atoms with Crippen LogP contribution in [0.25, 0.3) is 0 Å². The smallest absolute Gasteiger partial charge is 0.224 e. The van der Waals surface area contributed by atoms with E-state index in [1.54, 1.807) is 0 Å². The van der Waals surface area contributed by atoms with Crippen molar-refractivity contribution < 1.29 is 4.79 Å². The Morgan fingerprint density at radius 3 is 2.53 bits per heavy atom. The number of nitrogens with zero attached hydrogens (tertiary/aromatic N) is 4. The van der Waals surface area contributed by atoms with E-state index in [0.29, 0.717) is 23.9 Å². The molecule has 1 aromatic rings. The highest BCUT2D eigenvalue weighted by molar-refractivity contribution is 5.79. The van der Waals surface area contributed by atoms with Crippen LogP contribution in [0.15, 0.2) is 6.20 Å². The number of carbonyl (C=O) groups excluding carboxylic acids is 1. The first-order valence-corrected chi connectivity index (χ1v) is 12.7. The number of fused-ring (bicyclic) bond motifs is 3. The van der Waals surface area contributed by atoms with Gasteiger partial charge in [0, 0.05) is 24.8 Å². The number of piperidine rings is 3. The van der Waals surface area contributed by atoms with Crippen LogP contribution in [0.3, 0.4) is 0 Å². The van der Waals surface area contributed by atoms with Gasteiger partial charge in [-0.2, -0.15) is 0 Å². The van der Waals surface area contributed by atoms with Crippen LogP contribution in [0.5, 0.6) is 0 Å². The van der Waals surface area contributed by atoms with Crippen molar-refractivity contribution in [2.24, 2.45) is 17.8 Å². The summed E-state index contributed by atoms with van der Waals surface area (Å²) in [6.07, 6.45) is 18.7. The van der Waals surface area contributed by atoms with Crippen LogP contribution in [-0.4, -0.2) is 51.0 Å². The molecule has 2 aliphatic carbocycles. The van der Waals surface area contributed by atoms with E-state index < -0.39 is 0 Å². The molecule has 2 saturated carbocycles. The van der Waals surface area contributed by atoms with E-state index in [1.807, 2.05) is 0 Å². The summed E-state index contributed by atoms with van der Waals surface area (Å²) in [5.41, 5.74) is 1.17. The predicted molar refractivity (Wildman–Crippen MR) is 117 cm³/mol. The number of amides is 1. The lowest BCUT2D eigenvalue weighted by atomic mass is 9.75. The van der Waals surface area contributed by atoms with E-state index in [4.69, 9.17) is 0 Å². The third kappa shape index (κ3) is 4.74. The molecule has 5 fully saturated rings. The van der Waals surface area contributed by atoms with E-state index in [1.165, 1.54) is 76.3 Å². The first-order chi connectivity index (χ1) is 14.7. The second-order valence-electron chi connectivity index (χ2n) is 10.5. The minimum atomic E-state index is 0.189. The Morgan fingerprint density at radius 1 is 1.03 bits per heavy atom. The first kappa shape index (κ1) is 20.5. The van der Waals surface area contributed by atoms with Crippen molar-refractivity contribution in [3.63, 3.8) is 0 Å². The number of nitrogens with one attached hydrogen (secondary N) is 1. The number of rotatable bonds is 6. The van der Waals surface area contributed by atoms with Crippen molar-refractivity contribution in [1.29, 1.82) is 0 Å². The van der Waals surface area contributed by atoms with Gasteiger partial charge < -0.3 is 5.32 Å². The van der Waals surface area contributed by atoms with Gasteiger partial charge in [0.15, 0.2) is 0 Å². The summed E-state index contributed by atoms with van der Waals surface area (Å²) >= 11 is 0. The molecule has 4 heterocycles. The van der Waals surface area contributed by atoms with Gasteiger partial charge in [-0.05, 0) is 50.5 Å². The number of hydrogen-bond donors (Lipinski definition) is 1. The zero-order chi connectivity index (χ0) is 20.3. The Kier molecular flexibility index (Phi) is 6.40. The highest BCUT2D eigenvalue weighted by Gasteiger charge is 2.43. The summed E-state index contributed by atoms with van der Waals surface area (Å²) < 4.78 is 2.07. The summed E-state index contributed by atoms with van der Waals surface area (Å²) in [4.78, 5) is 15.5. The van der Waals surface area contributed by atoms with Crippen molar-refractivity contribution >= 4 is 5.91 Å². The Balaban J connectivity index is 1.13. The molecule has 0 aromatic carbocycles. The van der Waals surface area contributed by atoms with Crippen LogP contribution in [-0.2, 0) is 17.8 Å². The van der Waals surface area contributed by atoms with Gasteiger partial charge in [-0.15, -0.1) is 5.10 Å². The number of aromatic nitrogens is 3. The van der Waals surface area contributed by atoms with Crippen molar-refractivity contribution in [3.05, 3.63) is 11.9 Å². The summed E-state index contributed by atoms with van der Waals surface area (Å²) in [5.74, 6) is 1.86. The summed E-state index contributed by atoms with van der Waals surface area (Å²) in [7, 11) is 0. The molecule has 30 heavy (non-hydrogen) atoms. The van der Waals surface area contributed by atoms with Gasteiger partial charge in [0.2, 0.25) is 5.91 Å². The van der Waals surface area contributed by atoms with Crippen molar-refractivity contribution in [2.45, 2.75) is 102 Å². The number of carbonyl (C=O) groups is 1. The van der Waals surface area contributed by atoms with E-state index in [2.05, 4.69) is 31.4 Å². The highest BCUT2D eigenvalue weighted by atomic mass is 16.2. The fourth-order valence-corrected chi connectivity index (χ4v) is 6.60. The van der Waals surface area contributed by atoms with Crippen molar-refractivity contribution in [1.82, 2.24) is 25.2 Å². The molecule has 4 atom stereocenters. The maximum atomic E-state index is 12.9. The maximum Gasteiger partial charge on any atom is 0.224 e. The van der Waals surface area contributed by atoms with Gasteiger partial charge in [0.05, 0.1) is 18.2 Å². The molecule has 2 bridgehead atoms. The summed E-state index contributed by atoms with van der Waals surface area (Å²) in [6.45, 7) is 2.98.